The number of fused-ring (bicyclic) bond motifs is 3. The van der Waals surface area contributed by atoms with Crippen molar-refractivity contribution in [3.05, 3.63) is 23.3 Å². The zero-order valence-electron chi connectivity index (χ0n) is 12.3. The molecule has 1 aromatic carbocycles. The lowest BCUT2D eigenvalue weighted by Crippen LogP contribution is -2.42. The highest BCUT2D eigenvalue weighted by molar-refractivity contribution is 5.54. The summed E-state index contributed by atoms with van der Waals surface area (Å²) < 4.78 is 17.6. The van der Waals surface area contributed by atoms with Crippen molar-refractivity contribution in [1.82, 2.24) is 0 Å². The lowest BCUT2D eigenvalue weighted by atomic mass is 9.73. The molecule has 1 aromatic rings. The first-order valence-corrected chi connectivity index (χ1v) is 7.69. The first kappa shape index (κ1) is 12.5. The Morgan fingerprint density at radius 2 is 2.10 bits per heavy atom. The lowest BCUT2D eigenvalue weighted by Gasteiger charge is -2.41. The smallest absolute Gasteiger partial charge is 0.164 e. The Labute approximate surface area is 120 Å². The number of ether oxygens (including phenoxy) is 3. The van der Waals surface area contributed by atoms with Crippen molar-refractivity contribution >= 4 is 0 Å². The molecule has 3 heteroatoms. The average molecular weight is 274 g/mol. The molecule has 0 radical (unpaired) electrons. The van der Waals surface area contributed by atoms with Crippen molar-refractivity contribution in [3.63, 3.8) is 0 Å². The maximum atomic E-state index is 6.49. The van der Waals surface area contributed by atoms with Crippen molar-refractivity contribution < 1.29 is 14.2 Å². The van der Waals surface area contributed by atoms with Crippen molar-refractivity contribution in [3.8, 4) is 11.5 Å². The van der Waals surface area contributed by atoms with Gasteiger partial charge in [0.25, 0.3) is 0 Å². The summed E-state index contributed by atoms with van der Waals surface area (Å²) in [5.41, 5.74) is 2.73. The molecule has 0 N–H and O–H groups in total. The molecule has 3 aliphatic rings. The van der Waals surface area contributed by atoms with Crippen LogP contribution < -0.4 is 9.47 Å². The first-order chi connectivity index (χ1) is 9.77. The topological polar surface area (TPSA) is 27.7 Å². The predicted molar refractivity (Wildman–Crippen MR) is 76.4 cm³/mol. The fourth-order valence-corrected chi connectivity index (χ4v) is 4.61. The van der Waals surface area contributed by atoms with Gasteiger partial charge in [0.15, 0.2) is 11.5 Å². The molecule has 108 valence electrons. The van der Waals surface area contributed by atoms with Gasteiger partial charge in [-0.25, -0.2) is 0 Å². The molecule has 2 heterocycles. The van der Waals surface area contributed by atoms with E-state index >= 15 is 0 Å². The number of rotatable bonds is 2. The molecule has 0 aromatic heterocycles. The quantitative estimate of drug-likeness (QED) is 0.824. The number of hydrogen-bond donors (Lipinski definition) is 0. The molecule has 0 unspecified atom stereocenters. The normalized spacial score (nSPS) is 34.3. The van der Waals surface area contributed by atoms with Gasteiger partial charge in [-0.15, -0.1) is 0 Å². The molecule has 4 rings (SSSR count). The summed E-state index contributed by atoms with van der Waals surface area (Å²) in [6.45, 7) is 0. The second-order valence-corrected chi connectivity index (χ2v) is 6.40. The Bertz CT molecular complexity index is 539. The van der Waals surface area contributed by atoms with Gasteiger partial charge in [-0.3, -0.25) is 0 Å². The molecule has 1 spiro atoms. The molecule has 2 aliphatic heterocycles. The lowest BCUT2D eigenvalue weighted by molar-refractivity contribution is -0.0873. The van der Waals surface area contributed by atoms with Crippen LogP contribution in [0.4, 0.5) is 0 Å². The van der Waals surface area contributed by atoms with Gasteiger partial charge in [0, 0.05) is 12.0 Å². The van der Waals surface area contributed by atoms with E-state index in [0.717, 1.165) is 23.8 Å². The minimum atomic E-state index is 0.0789. The van der Waals surface area contributed by atoms with Gasteiger partial charge in [-0.1, -0.05) is 18.9 Å². The van der Waals surface area contributed by atoms with Gasteiger partial charge < -0.3 is 14.2 Å². The van der Waals surface area contributed by atoms with Gasteiger partial charge in [-0.05, 0) is 36.8 Å². The van der Waals surface area contributed by atoms with E-state index in [1.165, 1.54) is 43.2 Å². The predicted octanol–water partition coefficient (Wildman–Crippen LogP) is 3.65. The van der Waals surface area contributed by atoms with E-state index in [0.29, 0.717) is 0 Å². The maximum absolute atomic E-state index is 6.49. The van der Waals surface area contributed by atoms with E-state index in [1.54, 1.807) is 14.2 Å². The van der Waals surface area contributed by atoms with E-state index in [4.69, 9.17) is 14.2 Å². The molecule has 3 atom stereocenters. The van der Waals surface area contributed by atoms with Crippen LogP contribution in [0.25, 0.3) is 0 Å². The summed E-state index contributed by atoms with van der Waals surface area (Å²) in [6.07, 6.45) is 7.62. The molecule has 20 heavy (non-hydrogen) atoms. The third-order valence-electron chi connectivity index (χ3n) is 5.53. The van der Waals surface area contributed by atoms with Crippen LogP contribution in [0.1, 0.15) is 49.3 Å². The number of benzene rings is 1. The molecule has 1 aliphatic carbocycles. The highest BCUT2D eigenvalue weighted by Crippen LogP contribution is 2.58. The summed E-state index contributed by atoms with van der Waals surface area (Å²) in [5.74, 6) is 2.49. The average Bonchev–Trinajstić information content (AvgIpc) is 2.79. The Balaban J connectivity index is 1.83. The molecular weight excluding hydrogens is 252 g/mol. The van der Waals surface area contributed by atoms with Crippen LogP contribution in [0.3, 0.4) is 0 Å². The summed E-state index contributed by atoms with van der Waals surface area (Å²) in [4.78, 5) is 0. The fourth-order valence-electron chi connectivity index (χ4n) is 4.61. The van der Waals surface area contributed by atoms with Crippen molar-refractivity contribution in [2.45, 2.75) is 50.2 Å². The van der Waals surface area contributed by atoms with Gasteiger partial charge in [0.2, 0.25) is 0 Å². The van der Waals surface area contributed by atoms with E-state index in [9.17, 15) is 0 Å². The SMILES string of the molecule is COc1ccc2c(c1OC)C[C@@]13CCCC[C@@H]1C[C@@H]2O3. The van der Waals surface area contributed by atoms with Gasteiger partial charge in [0.1, 0.15) is 0 Å². The Kier molecular flexibility index (Phi) is 2.75. The fraction of sp³-hybridized carbons (Fsp3) is 0.647. The van der Waals surface area contributed by atoms with E-state index in [-0.39, 0.29) is 11.7 Å². The second-order valence-electron chi connectivity index (χ2n) is 6.40. The molecule has 2 fully saturated rings. The monoisotopic (exact) mass is 274 g/mol. The van der Waals surface area contributed by atoms with Gasteiger partial charge in [0.05, 0.1) is 25.9 Å². The van der Waals surface area contributed by atoms with Crippen LogP contribution in [-0.4, -0.2) is 19.8 Å². The Morgan fingerprint density at radius 3 is 2.90 bits per heavy atom. The van der Waals surface area contributed by atoms with E-state index < -0.39 is 0 Å². The van der Waals surface area contributed by atoms with Gasteiger partial charge in [-0.2, -0.15) is 0 Å². The maximum Gasteiger partial charge on any atom is 0.164 e. The molecule has 1 saturated heterocycles. The van der Waals surface area contributed by atoms with Crippen molar-refractivity contribution in [1.29, 1.82) is 0 Å². The highest BCUT2D eigenvalue weighted by Gasteiger charge is 2.53. The molecule has 1 saturated carbocycles. The zero-order chi connectivity index (χ0) is 13.7. The minimum Gasteiger partial charge on any atom is -0.493 e. The zero-order valence-corrected chi connectivity index (χ0v) is 12.3. The highest BCUT2D eigenvalue weighted by atomic mass is 16.5. The van der Waals surface area contributed by atoms with Crippen molar-refractivity contribution in [2.75, 3.05) is 14.2 Å². The first-order valence-electron chi connectivity index (χ1n) is 7.69. The van der Waals surface area contributed by atoms with Crippen LogP contribution in [0, 0.1) is 5.92 Å². The van der Waals surface area contributed by atoms with E-state index in [2.05, 4.69) is 6.07 Å². The molecule has 0 amide bonds. The van der Waals surface area contributed by atoms with Crippen LogP contribution >= 0.6 is 0 Å². The molecule has 2 bridgehead atoms. The molecular formula is C17H22O3. The van der Waals surface area contributed by atoms with Crippen LogP contribution in [-0.2, 0) is 11.2 Å². The summed E-state index contributed by atoms with van der Waals surface area (Å²) in [7, 11) is 3.45. The van der Waals surface area contributed by atoms with Crippen LogP contribution in [0.2, 0.25) is 0 Å². The second kappa shape index (κ2) is 4.39. The van der Waals surface area contributed by atoms with Crippen LogP contribution in [0.5, 0.6) is 11.5 Å². The minimum absolute atomic E-state index is 0.0789. The molecule has 3 nitrogen and oxygen atoms in total. The largest absolute Gasteiger partial charge is 0.493 e. The summed E-state index contributed by atoms with van der Waals surface area (Å²) >= 11 is 0. The Hall–Kier alpha value is -1.22. The standard InChI is InChI=1S/C17H22O3/c1-18-14-7-6-12-13(16(14)19-2)10-17-8-4-3-5-11(17)9-15(12)20-17/h6-7,11,15H,3-5,8-10H2,1-2H3/t11-,15+,17+/m1/s1. The van der Waals surface area contributed by atoms with Crippen molar-refractivity contribution in [2.24, 2.45) is 5.92 Å². The Morgan fingerprint density at radius 1 is 1.20 bits per heavy atom. The summed E-state index contributed by atoms with van der Waals surface area (Å²) in [6, 6.07) is 4.19. The third-order valence-corrected chi connectivity index (χ3v) is 5.53. The summed E-state index contributed by atoms with van der Waals surface area (Å²) in [5, 5.41) is 0. The number of hydrogen-bond acceptors (Lipinski definition) is 3. The third kappa shape index (κ3) is 1.56. The number of methoxy groups -OCH3 is 2. The van der Waals surface area contributed by atoms with Crippen LogP contribution in [0.15, 0.2) is 12.1 Å². The van der Waals surface area contributed by atoms with Gasteiger partial charge >= 0.3 is 0 Å². The van der Waals surface area contributed by atoms with E-state index in [1.807, 2.05) is 6.07 Å².